The van der Waals surface area contributed by atoms with Crippen molar-refractivity contribution in [3.8, 4) is 5.75 Å². The van der Waals surface area contributed by atoms with Crippen molar-refractivity contribution in [2.75, 3.05) is 13.7 Å². The number of rotatable bonds is 9. The molecule has 0 aromatic heterocycles. The molecule has 0 aliphatic heterocycles. The monoisotopic (exact) mass is 474 g/mol. The highest BCUT2D eigenvalue weighted by Gasteiger charge is 2.28. The number of benzene rings is 2. The second-order valence-corrected chi connectivity index (χ2v) is 8.54. The highest BCUT2D eigenvalue weighted by molar-refractivity contribution is 9.10. The van der Waals surface area contributed by atoms with Gasteiger partial charge >= 0.3 is 0 Å². The Morgan fingerprint density at radius 1 is 1.17 bits per heavy atom. The van der Waals surface area contributed by atoms with Gasteiger partial charge in [-0.1, -0.05) is 56.7 Å². The first-order valence-corrected chi connectivity index (χ1v) is 11.0. The topological polar surface area (TPSA) is 58.6 Å². The standard InChI is InChI=1S/C24H31BrN2O3/c1-6-21(24(29)26-5)27(14-18-9-7-8-17(4)12-18)23(28)15-30-22-11-10-19(16(2)3)13-20(22)25/h7-13,16,21H,6,14-15H2,1-5H3,(H,26,29). The Morgan fingerprint density at radius 2 is 1.90 bits per heavy atom. The van der Waals surface area contributed by atoms with Gasteiger partial charge in [-0.2, -0.15) is 0 Å². The van der Waals surface area contributed by atoms with E-state index in [1.54, 1.807) is 11.9 Å². The predicted molar refractivity (Wildman–Crippen MR) is 124 cm³/mol. The Hall–Kier alpha value is -2.34. The Balaban J connectivity index is 2.20. The minimum absolute atomic E-state index is 0.140. The van der Waals surface area contributed by atoms with E-state index in [0.29, 0.717) is 24.6 Å². The molecule has 5 nitrogen and oxygen atoms in total. The van der Waals surface area contributed by atoms with Crippen LogP contribution in [0, 0.1) is 6.92 Å². The molecule has 0 spiro atoms. The molecule has 1 N–H and O–H groups in total. The molecule has 0 bridgehead atoms. The van der Waals surface area contributed by atoms with E-state index in [0.717, 1.165) is 15.6 Å². The van der Waals surface area contributed by atoms with Gasteiger partial charge in [0.1, 0.15) is 11.8 Å². The Bertz CT molecular complexity index is 883. The van der Waals surface area contributed by atoms with Crippen molar-refractivity contribution in [3.05, 3.63) is 63.6 Å². The molecule has 162 valence electrons. The maximum absolute atomic E-state index is 13.1. The van der Waals surface area contributed by atoms with Crippen molar-refractivity contribution in [2.45, 2.75) is 52.6 Å². The second-order valence-electron chi connectivity index (χ2n) is 7.68. The Kier molecular flexibility index (Phi) is 8.90. The van der Waals surface area contributed by atoms with E-state index in [4.69, 9.17) is 4.74 Å². The zero-order valence-corrected chi connectivity index (χ0v) is 20.0. The van der Waals surface area contributed by atoms with Gasteiger partial charge in [0, 0.05) is 13.6 Å². The van der Waals surface area contributed by atoms with Crippen LogP contribution in [0.1, 0.15) is 49.8 Å². The molecule has 0 radical (unpaired) electrons. The number of likely N-dealkylation sites (N-methyl/N-ethyl adjacent to an activating group) is 1. The summed E-state index contributed by atoms with van der Waals surface area (Å²) in [7, 11) is 1.59. The molecule has 0 aliphatic rings. The first-order valence-electron chi connectivity index (χ1n) is 10.3. The number of halogens is 1. The van der Waals surface area contributed by atoms with Gasteiger partial charge in [0.05, 0.1) is 4.47 Å². The fourth-order valence-corrected chi connectivity index (χ4v) is 3.82. The molecular formula is C24H31BrN2O3. The van der Waals surface area contributed by atoms with E-state index in [-0.39, 0.29) is 18.4 Å². The molecule has 30 heavy (non-hydrogen) atoms. The number of carbonyl (C=O) groups is 2. The van der Waals surface area contributed by atoms with Gasteiger partial charge in [-0.05, 0) is 58.5 Å². The number of carbonyl (C=O) groups excluding carboxylic acids is 2. The summed E-state index contributed by atoms with van der Waals surface area (Å²) in [6, 6.07) is 13.3. The molecule has 0 aliphatic carbocycles. The average Bonchev–Trinajstić information content (AvgIpc) is 2.72. The molecule has 0 saturated heterocycles. The minimum atomic E-state index is -0.557. The lowest BCUT2D eigenvalue weighted by Gasteiger charge is -2.30. The molecular weight excluding hydrogens is 444 g/mol. The molecule has 2 aromatic carbocycles. The van der Waals surface area contributed by atoms with E-state index in [1.807, 2.05) is 56.3 Å². The van der Waals surface area contributed by atoms with Crippen LogP contribution in [0.5, 0.6) is 5.75 Å². The number of amides is 2. The van der Waals surface area contributed by atoms with Crippen LogP contribution in [0.15, 0.2) is 46.9 Å². The largest absolute Gasteiger partial charge is 0.483 e. The third kappa shape index (κ3) is 6.33. The zero-order chi connectivity index (χ0) is 22.3. The average molecular weight is 475 g/mol. The van der Waals surface area contributed by atoms with Gasteiger partial charge in [0.25, 0.3) is 5.91 Å². The normalized spacial score (nSPS) is 11.8. The van der Waals surface area contributed by atoms with Crippen molar-refractivity contribution in [2.24, 2.45) is 0 Å². The molecule has 0 heterocycles. The molecule has 2 aromatic rings. The van der Waals surface area contributed by atoms with Crippen molar-refractivity contribution in [1.29, 1.82) is 0 Å². The smallest absolute Gasteiger partial charge is 0.261 e. The van der Waals surface area contributed by atoms with Crippen LogP contribution < -0.4 is 10.1 Å². The van der Waals surface area contributed by atoms with Gasteiger partial charge in [0.2, 0.25) is 5.91 Å². The molecule has 0 saturated carbocycles. The zero-order valence-electron chi connectivity index (χ0n) is 18.4. The van der Waals surface area contributed by atoms with Crippen LogP contribution in [-0.2, 0) is 16.1 Å². The molecule has 6 heteroatoms. The molecule has 0 fully saturated rings. The predicted octanol–water partition coefficient (Wildman–Crippen LogP) is 4.81. The van der Waals surface area contributed by atoms with E-state index in [1.165, 1.54) is 5.56 Å². The van der Waals surface area contributed by atoms with Crippen molar-refractivity contribution in [1.82, 2.24) is 10.2 Å². The lowest BCUT2D eigenvalue weighted by Crippen LogP contribution is -2.49. The van der Waals surface area contributed by atoms with Gasteiger partial charge in [-0.15, -0.1) is 0 Å². The van der Waals surface area contributed by atoms with E-state index >= 15 is 0 Å². The first kappa shape index (κ1) is 23.9. The summed E-state index contributed by atoms with van der Waals surface area (Å²) >= 11 is 3.53. The highest BCUT2D eigenvalue weighted by atomic mass is 79.9. The SMILES string of the molecule is CCC(C(=O)NC)N(Cc1cccc(C)c1)C(=O)COc1ccc(C(C)C)cc1Br. The molecule has 2 rings (SSSR count). The number of hydrogen-bond acceptors (Lipinski definition) is 3. The summed E-state index contributed by atoms with van der Waals surface area (Å²) in [5.74, 6) is 0.601. The quantitative estimate of drug-likeness (QED) is 0.566. The second kappa shape index (κ2) is 11.2. The summed E-state index contributed by atoms with van der Waals surface area (Å²) in [5, 5.41) is 2.67. The maximum atomic E-state index is 13.1. The highest BCUT2D eigenvalue weighted by Crippen LogP contribution is 2.29. The number of aryl methyl sites for hydroxylation is 1. The van der Waals surface area contributed by atoms with E-state index < -0.39 is 6.04 Å². The molecule has 1 atom stereocenters. The Labute approximate surface area is 187 Å². The van der Waals surface area contributed by atoms with E-state index in [2.05, 4.69) is 35.1 Å². The molecule has 2 amide bonds. The summed E-state index contributed by atoms with van der Waals surface area (Å²) in [4.78, 5) is 27.1. The number of nitrogens with one attached hydrogen (secondary N) is 1. The van der Waals surface area contributed by atoms with Crippen LogP contribution in [0.4, 0.5) is 0 Å². The fourth-order valence-electron chi connectivity index (χ4n) is 3.31. The first-order chi connectivity index (χ1) is 14.3. The van der Waals surface area contributed by atoms with Gasteiger partial charge in [-0.25, -0.2) is 0 Å². The van der Waals surface area contributed by atoms with Crippen molar-refractivity contribution < 1.29 is 14.3 Å². The minimum Gasteiger partial charge on any atom is -0.483 e. The Morgan fingerprint density at radius 3 is 2.47 bits per heavy atom. The van der Waals surface area contributed by atoms with Crippen LogP contribution in [0.25, 0.3) is 0 Å². The van der Waals surface area contributed by atoms with Crippen LogP contribution >= 0.6 is 15.9 Å². The summed E-state index contributed by atoms with van der Waals surface area (Å²) < 4.78 is 6.62. The third-order valence-electron chi connectivity index (χ3n) is 5.04. The van der Waals surface area contributed by atoms with Gasteiger partial charge in [-0.3, -0.25) is 9.59 Å². The van der Waals surface area contributed by atoms with Gasteiger partial charge < -0.3 is 15.0 Å². The van der Waals surface area contributed by atoms with Crippen molar-refractivity contribution >= 4 is 27.7 Å². The summed E-state index contributed by atoms with van der Waals surface area (Å²) in [5.41, 5.74) is 3.28. The lowest BCUT2D eigenvalue weighted by molar-refractivity contribution is -0.142. The number of ether oxygens (including phenoxy) is 1. The summed E-state index contributed by atoms with van der Waals surface area (Å²) in [6.07, 6.45) is 0.518. The fraction of sp³-hybridized carbons (Fsp3) is 0.417. The van der Waals surface area contributed by atoms with E-state index in [9.17, 15) is 9.59 Å². The van der Waals surface area contributed by atoms with Crippen molar-refractivity contribution in [3.63, 3.8) is 0 Å². The summed E-state index contributed by atoms with van der Waals surface area (Å²) in [6.45, 7) is 8.37. The third-order valence-corrected chi connectivity index (χ3v) is 5.66. The molecule has 1 unspecified atom stereocenters. The van der Waals surface area contributed by atoms with Crippen LogP contribution in [-0.4, -0.2) is 36.4 Å². The number of nitrogens with zero attached hydrogens (tertiary/aromatic N) is 1. The van der Waals surface area contributed by atoms with Gasteiger partial charge in [0.15, 0.2) is 6.61 Å². The van der Waals surface area contributed by atoms with Crippen LogP contribution in [0.2, 0.25) is 0 Å². The number of hydrogen-bond donors (Lipinski definition) is 1. The lowest BCUT2D eigenvalue weighted by atomic mass is 10.0. The maximum Gasteiger partial charge on any atom is 0.261 e. The van der Waals surface area contributed by atoms with Crippen LogP contribution in [0.3, 0.4) is 0 Å².